The molecule has 0 saturated carbocycles. The molecule has 1 N–H and O–H groups in total. The van der Waals surface area contributed by atoms with Crippen LogP contribution in [0.1, 0.15) is 48.6 Å². The fourth-order valence-electron chi connectivity index (χ4n) is 3.64. The third-order valence-corrected chi connectivity index (χ3v) is 7.44. The Labute approximate surface area is 179 Å². The highest BCUT2D eigenvalue weighted by Crippen LogP contribution is 2.36. The zero-order chi connectivity index (χ0) is 20.4. The lowest BCUT2D eigenvalue weighted by molar-refractivity contribution is -0.113. The number of anilines is 1. The molecule has 4 rings (SSSR count). The monoisotopic (exact) mass is 426 g/mol. The smallest absolute Gasteiger partial charge is 0.234 e. The molecule has 0 aliphatic heterocycles. The summed E-state index contributed by atoms with van der Waals surface area (Å²) >= 11 is 3.25. The fraction of sp³-hybridized carbons (Fsp3) is 0.409. The second-order valence-electron chi connectivity index (χ2n) is 7.74. The van der Waals surface area contributed by atoms with E-state index in [0.717, 1.165) is 23.1 Å². The van der Waals surface area contributed by atoms with Crippen LogP contribution in [-0.2, 0) is 24.7 Å². The molecule has 0 unspecified atom stereocenters. The number of nitrogens with zero attached hydrogens (tertiary/aromatic N) is 3. The van der Waals surface area contributed by atoms with E-state index in [1.807, 2.05) is 35.1 Å². The van der Waals surface area contributed by atoms with Crippen molar-refractivity contribution in [1.29, 1.82) is 0 Å². The number of rotatable bonds is 6. The van der Waals surface area contributed by atoms with Crippen molar-refractivity contribution in [2.24, 2.45) is 7.05 Å². The number of thiophene rings is 1. The minimum absolute atomic E-state index is 0.0373. The molecule has 7 heteroatoms. The summed E-state index contributed by atoms with van der Waals surface area (Å²) in [4.78, 5) is 13.8. The van der Waals surface area contributed by atoms with E-state index in [1.165, 1.54) is 52.6 Å². The first kappa shape index (κ1) is 20.2. The molecule has 2 heterocycles. The highest BCUT2D eigenvalue weighted by Gasteiger charge is 2.21. The van der Waals surface area contributed by atoms with Gasteiger partial charge in [0.1, 0.15) is 0 Å². The van der Waals surface area contributed by atoms with Crippen LogP contribution in [0, 0.1) is 0 Å². The van der Waals surface area contributed by atoms with E-state index in [-0.39, 0.29) is 5.91 Å². The average Bonchev–Trinajstić information content (AvgIpc) is 3.30. The predicted octanol–water partition coefficient (Wildman–Crippen LogP) is 5.28. The lowest BCUT2D eigenvalue weighted by atomic mass is 9.96. The van der Waals surface area contributed by atoms with Crippen molar-refractivity contribution in [3.05, 3.63) is 45.6 Å². The Morgan fingerprint density at radius 3 is 2.72 bits per heavy atom. The van der Waals surface area contributed by atoms with Crippen molar-refractivity contribution >= 4 is 34.7 Å². The van der Waals surface area contributed by atoms with Gasteiger partial charge < -0.3 is 9.88 Å². The minimum atomic E-state index is -0.0373. The zero-order valence-corrected chi connectivity index (χ0v) is 18.7. The van der Waals surface area contributed by atoms with Crippen molar-refractivity contribution in [1.82, 2.24) is 14.8 Å². The summed E-state index contributed by atoms with van der Waals surface area (Å²) in [6.45, 7) is 4.32. The van der Waals surface area contributed by atoms with Crippen molar-refractivity contribution in [2.45, 2.75) is 50.6 Å². The standard InChI is InChI=1S/C22H26N4OS2/c1-14(2)15-8-10-16(11-9-15)23-20(27)13-29-22-25-24-21(26(22)3)18-12-28-19-7-5-4-6-17(18)19/h8-12,14H,4-7,13H2,1-3H3,(H,23,27). The Hall–Kier alpha value is -2.12. The quantitative estimate of drug-likeness (QED) is 0.545. The largest absolute Gasteiger partial charge is 0.325 e. The molecule has 0 bridgehead atoms. The van der Waals surface area contributed by atoms with Crippen LogP contribution < -0.4 is 5.32 Å². The lowest BCUT2D eigenvalue weighted by Crippen LogP contribution is -2.14. The summed E-state index contributed by atoms with van der Waals surface area (Å²) in [6.07, 6.45) is 4.83. The molecule has 0 spiro atoms. The Kier molecular flexibility index (Phi) is 6.06. The predicted molar refractivity (Wildman–Crippen MR) is 121 cm³/mol. The number of benzene rings is 1. The number of amides is 1. The van der Waals surface area contributed by atoms with E-state index in [1.54, 1.807) is 0 Å². The van der Waals surface area contributed by atoms with Crippen LogP contribution in [0.2, 0.25) is 0 Å². The second kappa shape index (κ2) is 8.71. The third kappa shape index (κ3) is 4.41. The van der Waals surface area contributed by atoms with Gasteiger partial charge in [0.05, 0.1) is 5.75 Å². The summed E-state index contributed by atoms with van der Waals surface area (Å²) in [5.41, 5.74) is 4.74. The first-order valence-electron chi connectivity index (χ1n) is 10.0. The van der Waals surface area contributed by atoms with Crippen molar-refractivity contribution in [2.75, 3.05) is 11.1 Å². The van der Waals surface area contributed by atoms with E-state index >= 15 is 0 Å². The first-order valence-corrected chi connectivity index (χ1v) is 11.9. The Morgan fingerprint density at radius 2 is 1.97 bits per heavy atom. The highest BCUT2D eigenvalue weighted by molar-refractivity contribution is 7.99. The highest BCUT2D eigenvalue weighted by atomic mass is 32.2. The molecule has 0 saturated heterocycles. The Morgan fingerprint density at radius 1 is 1.21 bits per heavy atom. The van der Waals surface area contributed by atoms with Crippen LogP contribution >= 0.6 is 23.1 Å². The maximum Gasteiger partial charge on any atom is 0.234 e. The average molecular weight is 427 g/mol. The van der Waals surface area contributed by atoms with Crippen LogP contribution in [0.15, 0.2) is 34.8 Å². The van der Waals surface area contributed by atoms with Gasteiger partial charge in [-0.25, -0.2) is 0 Å². The fourth-order valence-corrected chi connectivity index (χ4v) is 5.47. The van der Waals surface area contributed by atoms with Gasteiger partial charge in [0.15, 0.2) is 11.0 Å². The van der Waals surface area contributed by atoms with Gasteiger partial charge in [0, 0.05) is 28.6 Å². The molecular formula is C22H26N4OS2. The van der Waals surface area contributed by atoms with E-state index < -0.39 is 0 Å². The summed E-state index contributed by atoms with van der Waals surface area (Å²) in [7, 11) is 1.98. The molecule has 1 aliphatic rings. The van der Waals surface area contributed by atoms with Gasteiger partial charge in [-0.05, 0) is 54.9 Å². The zero-order valence-electron chi connectivity index (χ0n) is 17.1. The Balaban J connectivity index is 1.39. The number of thioether (sulfide) groups is 1. The molecule has 152 valence electrons. The SMILES string of the molecule is CC(C)c1ccc(NC(=O)CSc2nnc(-c3csc4c3CCCC4)n2C)cc1. The van der Waals surface area contributed by atoms with Gasteiger partial charge in [-0.3, -0.25) is 4.79 Å². The molecule has 2 aromatic heterocycles. The number of aryl methyl sites for hydroxylation is 1. The van der Waals surface area contributed by atoms with Crippen LogP contribution in [0.5, 0.6) is 0 Å². The summed E-state index contributed by atoms with van der Waals surface area (Å²) in [5, 5.41) is 14.7. The number of hydrogen-bond acceptors (Lipinski definition) is 5. The van der Waals surface area contributed by atoms with E-state index in [4.69, 9.17) is 0 Å². The van der Waals surface area contributed by atoms with E-state index in [0.29, 0.717) is 11.7 Å². The van der Waals surface area contributed by atoms with Crippen LogP contribution in [0.25, 0.3) is 11.4 Å². The second-order valence-corrected chi connectivity index (χ2v) is 9.64. The molecule has 1 amide bonds. The number of carbonyl (C=O) groups excluding carboxylic acids is 1. The van der Waals surface area contributed by atoms with Gasteiger partial charge in [-0.1, -0.05) is 37.7 Å². The van der Waals surface area contributed by atoms with Gasteiger partial charge in [0.25, 0.3) is 0 Å². The number of hydrogen-bond donors (Lipinski definition) is 1. The van der Waals surface area contributed by atoms with Crippen molar-refractivity contribution in [3.8, 4) is 11.4 Å². The molecule has 1 aliphatic carbocycles. The van der Waals surface area contributed by atoms with E-state index in [2.05, 4.69) is 46.9 Å². The molecule has 0 radical (unpaired) electrons. The third-order valence-electron chi connectivity index (χ3n) is 5.33. The summed E-state index contributed by atoms with van der Waals surface area (Å²) < 4.78 is 2.01. The molecule has 1 aromatic carbocycles. The van der Waals surface area contributed by atoms with Crippen LogP contribution in [0.3, 0.4) is 0 Å². The van der Waals surface area contributed by atoms with Gasteiger partial charge in [0.2, 0.25) is 5.91 Å². The minimum Gasteiger partial charge on any atom is -0.325 e. The molecular weight excluding hydrogens is 400 g/mol. The van der Waals surface area contributed by atoms with Crippen LogP contribution in [0.4, 0.5) is 5.69 Å². The van der Waals surface area contributed by atoms with Crippen molar-refractivity contribution in [3.63, 3.8) is 0 Å². The summed E-state index contributed by atoms with van der Waals surface area (Å²) in [6, 6.07) is 8.03. The Bertz CT molecular complexity index is 1000. The summed E-state index contributed by atoms with van der Waals surface area (Å²) in [5.74, 6) is 1.65. The number of carbonyl (C=O) groups is 1. The van der Waals surface area contributed by atoms with E-state index in [9.17, 15) is 4.79 Å². The topological polar surface area (TPSA) is 59.8 Å². The lowest BCUT2D eigenvalue weighted by Gasteiger charge is -2.12. The molecule has 0 atom stereocenters. The molecule has 0 fully saturated rings. The number of nitrogens with one attached hydrogen (secondary N) is 1. The molecule has 3 aromatic rings. The normalized spacial score (nSPS) is 13.5. The molecule has 5 nitrogen and oxygen atoms in total. The molecule has 29 heavy (non-hydrogen) atoms. The number of fused-ring (bicyclic) bond motifs is 1. The van der Waals surface area contributed by atoms with Gasteiger partial charge >= 0.3 is 0 Å². The van der Waals surface area contributed by atoms with Crippen LogP contribution in [-0.4, -0.2) is 26.4 Å². The maximum absolute atomic E-state index is 12.4. The maximum atomic E-state index is 12.4. The first-order chi connectivity index (χ1) is 14.0. The van der Waals surface area contributed by atoms with Crippen molar-refractivity contribution < 1.29 is 4.79 Å². The van der Waals surface area contributed by atoms with Gasteiger partial charge in [-0.2, -0.15) is 0 Å². The van der Waals surface area contributed by atoms with Gasteiger partial charge in [-0.15, -0.1) is 21.5 Å². The number of aromatic nitrogens is 3.